The molecule has 9 heteroatoms. The highest BCUT2D eigenvalue weighted by atomic mass is 33.1. The Bertz CT molecular complexity index is 778. The highest BCUT2D eigenvalue weighted by Crippen LogP contribution is 2.41. The Morgan fingerprint density at radius 2 is 1.96 bits per heavy atom. The van der Waals surface area contributed by atoms with Gasteiger partial charge in [-0.05, 0) is 49.8 Å². The quantitative estimate of drug-likeness (QED) is 0.437. The number of aromatic nitrogens is 1. The van der Waals surface area contributed by atoms with Gasteiger partial charge in [0.1, 0.15) is 11.4 Å². The number of carbonyl (C=O) groups excluding carboxylic acids is 1. The van der Waals surface area contributed by atoms with Crippen molar-refractivity contribution in [3.05, 3.63) is 52.7 Å². The molecule has 1 aromatic carbocycles. The lowest BCUT2D eigenvalue weighted by molar-refractivity contribution is -0.387. The second kappa shape index (κ2) is 8.21. The Morgan fingerprint density at radius 3 is 2.64 bits per heavy atom. The molecule has 0 saturated carbocycles. The van der Waals surface area contributed by atoms with E-state index in [1.807, 2.05) is 0 Å². The third-order valence-electron chi connectivity index (χ3n) is 2.65. The predicted octanol–water partition coefficient (Wildman–Crippen LogP) is 5.14. The number of anilines is 1. The predicted molar refractivity (Wildman–Crippen MR) is 98.9 cm³/mol. The highest BCUT2D eigenvalue weighted by Gasteiger charge is 2.17. The molecule has 0 saturated heterocycles. The van der Waals surface area contributed by atoms with Gasteiger partial charge in [0, 0.05) is 17.2 Å². The molecular weight excluding hydrogens is 362 g/mol. The molecule has 0 fully saturated rings. The maximum atomic E-state index is 11.8. The fourth-order valence-corrected chi connectivity index (χ4v) is 3.83. The first kappa shape index (κ1) is 19.1. The molecule has 2 aromatic rings. The van der Waals surface area contributed by atoms with E-state index in [1.165, 1.54) is 27.7 Å². The van der Waals surface area contributed by atoms with Crippen molar-refractivity contribution in [3.63, 3.8) is 0 Å². The maximum absolute atomic E-state index is 11.8. The van der Waals surface area contributed by atoms with Gasteiger partial charge in [-0.15, -0.1) is 0 Å². The normalized spacial score (nSPS) is 11.0. The molecule has 0 radical (unpaired) electrons. The molecule has 0 bridgehead atoms. The fraction of sp³-hybridized carbons (Fsp3) is 0.250. The molecule has 7 nitrogen and oxygen atoms in total. The summed E-state index contributed by atoms with van der Waals surface area (Å²) in [5.41, 5.74) is -0.542. The molecule has 0 aliphatic heterocycles. The van der Waals surface area contributed by atoms with Crippen molar-refractivity contribution in [2.24, 2.45) is 0 Å². The van der Waals surface area contributed by atoms with Crippen molar-refractivity contribution in [2.75, 3.05) is 5.32 Å². The molecule has 0 spiro atoms. The zero-order chi connectivity index (χ0) is 18.4. The Hall–Kier alpha value is -2.26. The summed E-state index contributed by atoms with van der Waals surface area (Å²) in [4.78, 5) is 27.8. The van der Waals surface area contributed by atoms with E-state index in [2.05, 4.69) is 10.3 Å². The van der Waals surface area contributed by atoms with Gasteiger partial charge in [-0.3, -0.25) is 15.4 Å². The summed E-state index contributed by atoms with van der Waals surface area (Å²) in [6.07, 6.45) is 0.961. The van der Waals surface area contributed by atoms with Crippen LogP contribution in [0.4, 0.5) is 16.3 Å². The van der Waals surface area contributed by atoms with Crippen LogP contribution in [-0.2, 0) is 4.74 Å². The smallest absolute Gasteiger partial charge is 0.413 e. The van der Waals surface area contributed by atoms with Crippen molar-refractivity contribution in [1.29, 1.82) is 0 Å². The van der Waals surface area contributed by atoms with E-state index in [4.69, 9.17) is 4.74 Å². The number of carbonyl (C=O) groups is 1. The molecule has 1 amide bonds. The number of nitro groups is 1. The molecule has 0 unspecified atom stereocenters. The van der Waals surface area contributed by atoms with Crippen LogP contribution >= 0.6 is 21.6 Å². The molecule has 1 heterocycles. The zero-order valence-corrected chi connectivity index (χ0v) is 15.5. The number of nitrogens with one attached hydrogen (secondary N) is 1. The molecule has 0 atom stereocenters. The van der Waals surface area contributed by atoms with Crippen molar-refractivity contribution in [2.45, 2.75) is 36.2 Å². The summed E-state index contributed by atoms with van der Waals surface area (Å²) >= 11 is 0. The third kappa shape index (κ3) is 6.28. The Labute approximate surface area is 153 Å². The van der Waals surface area contributed by atoms with Crippen molar-refractivity contribution < 1.29 is 14.5 Å². The van der Waals surface area contributed by atoms with E-state index in [0.29, 0.717) is 10.7 Å². The summed E-state index contributed by atoms with van der Waals surface area (Å²) < 4.78 is 5.18. The van der Waals surface area contributed by atoms with E-state index in [-0.39, 0.29) is 5.69 Å². The highest BCUT2D eigenvalue weighted by molar-refractivity contribution is 8.76. The lowest BCUT2D eigenvalue weighted by Crippen LogP contribution is -2.27. The monoisotopic (exact) mass is 379 g/mol. The van der Waals surface area contributed by atoms with Crippen LogP contribution < -0.4 is 5.32 Å². The molecule has 1 aromatic heterocycles. The van der Waals surface area contributed by atoms with E-state index >= 15 is 0 Å². The van der Waals surface area contributed by atoms with Gasteiger partial charge in [-0.25, -0.2) is 9.78 Å². The number of para-hydroxylation sites is 1. The molecule has 25 heavy (non-hydrogen) atoms. The van der Waals surface area contributed by atoms with Crippen LogP contribution in [0.2, 0.25) is 0 Å². The summed E-state index contributed by atoms with van der Waals surface area (Å²) in [5, 5.41) is 13.6. The van der Waals surface area contributed by atoms with E-state index < -0.39 is 16.6 Å². The van der Waals surface area contributed by atoms with Gasteiger partial charge in [-0.2, -0.15) is 0 Å². The van der Waals surface area contributed by atoms with E-state index in [0.717, 1.165) is 4.90 Å². The van der Waals surface area contributed by atoms with Gasteiger partial charge >= 0.3 is 6.09 Å². The molecule has 1 N–H and O–H groups in total. The number of amides is 1. The minimum absolute atomic E-state index is 0.0566. The lowest BCUT2D eigenvalue weighted by Gasteiger charge is -2.19. The molecule has 0 aliphatic rings. The standard InChI is InChI=1S/C16H17N3O4S2/c1-16(2,3)23-15(20)18-14-10-11(8-9-17-14)24-25-13-7-5-4-6-12(13)19(21)22/h4-10H,1-3H3,(H,17,18,20). The van der Waals surface area contributed by atoms with Crippen molar-refractivity contribution in [3.8, 4) is 0 Å². The second-order valence-corrected chi connectivity index (χ2v) is 8.14. The lowest BCUT2D eigenvalue weighted by atomic mass is 10.2. The summed E-state index contributed by atoms with van der Waals surface area (Å²) in [7, 11) is 2.61. The molecule has 132 valence electrons. The van der Waals surface area contributed by atoms with E-state index in [1.54, 1.807) is 57.3 Å². The zero-order valence-electron chi connectivity index (χ0n) is 13.9. The van der Waals surface area contributed by atoms with Crippen molar-refractivity contribution >= 4 is 39.2 Å². The van der Waals surface area contributed by atoms with Crippen LogP contribution in [0.15, 0.2) is 52.4 Å². The summed E-state index contributed by atoms with van der Waals surface area (Å²) in [6, 6.07) is 9.96. The van der Waals surface area contributed by atoms with Gasteiger partial charge < -0.3 is 4.74 Å². The Morgan fingerprint density at radius 1 is 1.24 bits per heavy atom. The number of ether oxygens (including phenoxy) is 1. The average molecular weight is 379 g/mol. The van der Waals surface area contributed by atoms with Crippen LogP contribution in [0.5, 0.6) is 0 Å². The van der Waals surface area contributed by atoms with Crippen LogP contribution in [0.25, 0.3) is 0 Å². The minimum Gasteiger partial charge on any atom is -0.444 e. The molecular formula is C16H17N3O4S2. The number of nitrogens with zero attached hydrogens (tertiary/aromatic N) is 2. The molecule has 2 rings (SSSR count). The third-order valence-corrected chi connectivity index (χ3v) is 5.07. The first-order chi connectivity index (χ1) is 11.7. The van der Waals surface area contributed by atoms with Gasteiger partial charge in [0.15, 0.2) is 0 Å². The van der Waals surface area contributed by atoms with E-state index in [9.17, 15) is 14.9 Å². The average Bonchev–Trinajstić information content (AvgIpc) is 2.51. The van der Waals surface area contributed by atoms with Crippen LogP contribution in [-0.4, -0.2) is 21.6 Å². The van der Waals surface area contributed by atoms with Crippen LogP contribution in [0.3, 0.4) is 0 Å². The maximum Gasteiger partial charge on any atom is 0.413 e. The first-order valence-electron chi connectivity index (χ1n) is 7.28. The Balaban J connectivity index is 2.03. The topological polar surface area (TPSA) is 94.4 Å². The van der Waals surface area contributed by atoms with Crippen LogP contribution in [0, 0.1) is 10.1 Å². The number of rotatable bonds is 5. The number of hydrogen-bond acceptors (Lipinski definition) is 7. The number of benzene rings is 1. The van der Waals surface area contributed by atoms with Crippen molar-refractivity contribution in [1.82, 2.24) is 4.98 Å². The minimum atomic E-state index is -0.599. The number of hydrogen-bond donors (Lipinski definition) is 1. The van der Waals surface area contributed by atoms with Gasteiger partial charge in [0.2, 0.25) is 0 Å². The first-order valence-corrected chi connectivity index (χ1v) is 9.43. The number of nitro benzene ring substituents is 1. The summed E-state index contributed by atoms with van der Waals surface area (Å²) in [6.45, 7) is 5.32. The van der Waals surface area contributed by atoms with Crippen LogP contribution in [0.1, 0.15) is 20.8 Å². The van der Waals surface area contributed by atoms with Gasteiger partial charge in [0.25, 0.3) is 5.69 Å². The largest absolute Gasteiger partial charge is 0.444 e. The second-order valence-electron chi connectivity index (χ2n) is 5.90. The molecule has 0 aliphatic carbocycles. The number of pyridine rings is 1. The van der Waals surface area contributed by atoms with Gasteiger partial charge in [0.05, 0.1) is 9.82 Å². The Kier molecular flexibility index (Phi) is 6.27. The fourth-order valence-electron chi connectivity index (χ4n) is 1.71. The SMILES string of the molecule is CC(C)(C)OC(=O)Nc1cc(SSc2ccccc2[N+](=O)[O-])ccn1. The summed E-state index contributed by atoms with van der Waals surface area (Å²) in [5.74, 6) is 0.349. The van der Waals surface area contributed by atoms with Gasteiger partial charge in [-0.1, -0.05) is 22.9 Å².